The summed E-state index contributed by atoms with van der Waals surface area (Å²) in [4.78, 5) is 41.7. The van der Waals surface area contributed by atoms with Crippen molar-refractivity contribution in [2.45, 2.75) is 20.0 Å². The first-order valence-corrected chi connectivity index (χ1v) is 8.55. The van der Waals surface area contributed by atoms with Crippen LogP contribution in [0.25, 0.3) is 0 Å². The van der Waals surface area contributed by atoms with Gasteiger partial charge in [-0.2, -0.15) is 13.2 Å². The number of alkyl halides is 3. The number of halogens is 3. The minimum Gasteiger partial charge on any atom is -0.276 e. The summed E-state index contributed by atoms with van der Waals surface area (Å²) in [5.74, 6) is -3.33. The van der Waals surface area contributed by atoms with Crippen LogP contribution in [0.15, 0.2) is 47.5 Å². The van der Waals surface area contributed by atoms with Gasteiger partial charge in [-0.15, -0.1) is 0 Å². The van der Waals surface area contributed by atoms with Gasteiger partial charge in [-0.05, 0) is 43.7 Å². The third-order valence-corrected chi connectivity index (χ3v) is 4.35. The molecule has 0 spiro atoms. The van der Waals surface area contributed by atoms with Gasteiger partial charge in [0.25, 0.3) is 5.91 Å². The van der Waals surface area contributed by atoms with E-state index in [-0.39, 0.29) is 5.69 Å². The summed E-state index contributed by atoms with van der Waals surface area (Å²) in [7, 11) is 0. The van der Waals surface area contributed by atoms with Crippen molar-refractivity contribution in [2.75, 3.05) is 4.90 Å². The molecule has 0 bridgehead atoms. The molecule has 0 aliphatic carbocycles. The van der Waals surface area contributed by atoms with Gasteiger partial charge in [0.2, 0.25) is 5.91 Å². The number of imide groups is 2. The minimum absolute atomic E-state index is 0.292. The molecule has 6 nitrogen and oxygen atoms in total. The van der Waals surface area contributed by atoms with E-state index < -0.39 is 35.5 Å². The van der Waals surface area contributed by atoms with E-state index in [2.05, 4.69) is 4.99 Å². The van der Waals surface area contributed by atoms with Crippen LogP contribution in [0.1, 0.15) is 16.7 Å². The van der Waals surface area contributed by atoms with Gasteiger partial charge in [-0.1, -0.05) is 23.8 Å². The SMILES string of the molecule is Cc1ccc(N=C[C@@H]2C(=O)NC(=O)N(c3cccc(C(F)(F)F)c3)C2=O)c(C)c1. The number of carbonyl (C=O) groups excluding carboxylic acids is 3. The third-order valence-electron chi connectivity index (χ3n) is 4.35. The summed E-state index contributed by atoms with van der Waals surface area (Å²) in [5.41, 5.74) is 1.04. The number of aliphatic imine (C=N–C) groups is 1. The minimum atomic E-state index is -4.65. The quantitative estimate of drug-likeness (QED) is 0.623. The van der Waals surface area contributed by atoms with E-state index in [0.29, 0.717) is 16.7 Å². The van der Waals surface area contributed by atoms with Gasteiger partial charge in [-0.25, -0.2) is 9.69 Å². The second kappa shape index (κ2) is 7.50. The average molecular weight is 403 g/mol. The number of aryl methyl sites for hydroxylation is 2. The lowest BCUT2D eigenvalue weighted by atomic mass is 10.0. The third kappa shape index (κ3) is 4.18. The molecule has 1 fully saturated rings. The fraction of sp³-hybridized carbons (Fsp3) is 0.200. The number of amides is 4. The van der Waals surface area contributed by atoms with Gasteiger partial charge in [-0.3, -0.25) is 19.9 Å². The molecule has 150 valence electrons. The Labute approximate surface area is 164 Å². The summed E-state index contributed by atoms with van der Waals surface area (Å²) in [6, 6.07) is 8.02. The smallest absolute Gasteiger partial charge is 0.276 e. The Bertz CT molecular complexity index is 1030. The van der Waals surface area contributed by atoms with Crippen molar-refractivity contribution in [1.82, 2.24) is 5.32 Å². The molecule has 29 heavy (non-hydrogen) atoms. The lowest BCUT2D eigenvalue weighted by Gasteiger charge is -2.28. The van der Waals surface area contributed by atoms with Crippen LogP contribution in [0.2, 0.25) is 0 Å². The molecule has 1 saturated heterocycles. The summed E-state index contributed by atoms with van der Waals surface area (Å²) >= 11 is 0. The molecule has 0 radical (unpaired) electrons. The van der Waals surface area contributed by atoms with Gasteiger partial charge in [0.15, 0.2) is 5.92 Å². The van der Waals surface area contributed by atoms with E-state index in [0.717, 1.165) is 29.5 Å². The van der Waals surface area contributed by atoms with Crippen LogP contribution in [-0.4, -0.2) is 24.1 Å². The van der Waals surface area contributed by atoms with Crippen LogP contribution in [0, 0.1) is 19.8 Å². The average Bonchev–Trinajstić information content (AvgIpc) is 2.62. The number of barbiturate groups is 1. The normalized spacial score (nSPS) is 17.8. The van der Waals surface area contributed by atoms with Crippen molar-refractivity contribution < 1.29 is 27.6 Å². The number of nitrogens with one attached hydrogen (secondary N) is 1. The molecule has 0 aromatic heterocycles. The maximum Gasteiger partial charge on any atom is 0.416 e. The van der Waals surface area contributed by atoms with E-state index in [1.807, 2.05) is 18.3 Å². The van der Waals surface area contributed by atoms with Gasteiger partial charge in [0.05, 0.1) is 16.9 Å². The van der Waals surface area contributed by atoms with Gasteiger partial charge in [0.1, 0.15) is 0 Å². The Morgan fingerprint density at radius 3 is 2.45 bits per heavy atom. The highest BCUT2D eigenvalue weighted by Crippen LogP contribution is 2.32. The summed E-state index contributed by atoms with van der Waals surface area (Å²) < 4.78 is 38.9. The first kappa shape index (κ1) is 20.2. The fourth-order valence-electron chi connectivity index (χ4n) is 2.89. The van der Waals surface area contributed by atoms with Crippen molar-refractivity contribution in [2.24, 2.45) is 10.9 Å². The summed E-state index contributed by atoms with van der Waals surface area (Å²) in [6.07, 6.45) is -3.56. The first-order valence-electron chi connectivity index (χ1n) is 8.55. The molecule has 1 heterocycles. The highest BCUT2D eigenvalue weighted by molar-refractivity contribution is 6.32. The van der Waals surface area contributed by atoms with E-state index in [1.165, 1.54) is 6.07 Å². The lowest BCUT2D eigenvalue weighted by Crippen LogP contribution is -2.58. The zero-order valence-electron chi connectivity index (χ0n) is 15.4. The second-order valence-corrected chi connectivity index (χ2v) is 6.56. The standard InChI is InChI=1S/C20H16F3N3O3/c1-11-6-7-16(12(2)8-11)24-10-15-17(27)25-19(29)26(18(15)28)14-5-3-4-13(9-14)20(21,22)23/h3-10,15H,1-2H3,(H,25,27,29)/t15-/m1/s1. The van der Waals surface area contributed by atoms with E-state index >= 15 is 0 Å². The zero-order chi connectivity index (χ0) is 21.3. The van der Waals surface area contributed by atoms with Crippen molar-refractivity contribution in [3.63, 3.8) is 0 Å². The Morgan fingerprint density at radius 1 is 1.07 bits per heavy atom. The molecular formula is C20H16F3N3O3. The Balaban J connectivity index is 1.93. The first-order chi connectivity index (χ1) is 13.6. The van der Waals surface area contributed by atoms with Crippen molar-refractivity contribution in [1.29, 1.82) is 0 Å². The largest absolute Gasteiger partial charge is 0.416 e. The number of urea groups is 1. The molecule has 4 amide bonds. The molecule has 0 unspecified atom stereocenters. The maximum absolute atomic E-state index is 13.0. The Kier molecular flexibility index (Phi) is 5.23. The maximum atomic E-state index is 13.0. The lowest BCUT2D eigenvalue weighted by molar-refractivity contribution is -0.138. The van der Waals surface area contributed by atoms with Crippen LogP contribution in [0.3, 0.4) is 0 Å². The van der Waals surface area contributed by atoms with Crippen LogP contribution >= 0.6 is 0 Å². The zero-order valence-corrected chi connectivity index (χ0v) is 15.4. The van der Waals surface area contributed by atoms with E-state index in [1.54, 1.807) is 19.1 Å². The molecule has 0 saturated carbocycles. The van der Waals surface area contributed by atoms with Crippen LogP contribution < -0.4 is 10.2 Å². The monoisotopic (exact) mass is 403 g/mol. The number of hydrogen-bond acceptors (Lipinski definition) is 4. The number of rotatable bonds is 3. The topological polar surface area (TPSA) is 78.8 Å². The van der Waals surface area contributed by atoms with Crippen LogP contribution in [0.4, 0.5) is 29.3 Å². The Hall–Kier alpha value is -3.49. The van der Waals surface area contributed by atoms with Crippen molar-refractivity contribution in [3.8, 4) is 0 Å². The molecule has 1 atom stereocenters. The number of hydrogen-bond donors (Lipinski definition) is 1. The highest BCUT2D eigenvalue weighted by Gasteiger charge is 2.41. The predicted molar refractivity (Wildman–Crippen MR) is 100 cm³/mol. The van der Waals surface area contributed by atoms with E-state index in [4.69, 9.17) is 0 Å². The Morgan fingerprint density at radius 2 is 1.79 bits per heavy atom. The number of anilines is 1. The molecule has 1 aliphatic rings. The predicted octanol–water partition coefficient (Wildman–Crippen LogP) is 3.92. The molecule has 2 aromatic rings. The van der Waals surface area contributed by atoms with Crippen molar-refractivity contribution in [3.05, 3.63) is 59.2 Å². The fourth-order valence-corrected chi connectivity index (χ4v) is 2.89. The van der Waals surface area contributed by atoms with Crippen LogP contribution in [0.5, 0.6) is 0 Å². The molecular weight excluding hydrogens is 387 g/mol. The molecule has 9 heteroatoms. The number of benzene rings is 2. The summed E-state index contributed by atoms with van der Waals surface area (Å²) in [5, 5.41) is 1.98. The van der Waals surface area contributed by atoms with Gasteiger partial charge in [0, 0.05) is 6.21 Å². The summed E-state index contributed by atoms with van der Waals surface area (Å²) in [6.45, 7) is 3.71. The highest BCUT2D eigenvalue weighted by atomic mass is 19.4. The molecule has 3 rings (SSSR count). The van der Waals surface area contributed by atoms with Gasteiger partial charge >= 0.3 is 12.2 Å². The number of nitrogens with zero attached hydrogens (tertiary/aromatic N) is 2. The molecule has 1 aliphatic heterocycles. The van der Waals surface area contributed by atoms with E-state index in [9.17, 15) is 27.6 Å². The number of carbonyl (C=O) groups is 3. The van der Waals surface area contributed by atoms with Crippen molar-refractivity contribution >= 4 is 35.4 Å². The molecule has 2 aromatic carbocycles. The van der Waals surface area contributed by atoms with Crippen LogP contribution in [-0.2, 0) is 15.8 Å². The van der Waals surface area contributed by atoms with Gasteiger partial charge < -0.3 is 0 Å². The second-order valence-electron chi connectivity index (χ2n) is 6.56. The molecule has 1 N–H and O–H groups in total.